The molecule has 7 nitrogen and oxygen atoms in total. The van der Waals surface area contributed by atoms with Gasteiger partial charge in [-0.1, -0.05) is 12.1 Å². The van der Waals surface area contributed by atoms with Crippen LogP contribution >= 0.6 is 15.9 Å². The molecule has 0 unspecified atom stereocenters. The Morgan fingerprint density at radius 3 is 2.79 bits per heavy atom. The monoisotopic (exact) mass is 395 g/mol. The number of hydrogen-bond acceptors (Lipinski definition) is 4. The summed E-state index contributed by atoms with van der Waals surface area (Å²) in [4.78, 5) is 25.6. The second kappa shape index (κ2) is 4.79. The van der Waals surface area contributed by atoms with E-state index in [1.807, 2.05) is 6.92 Å². The van der Waals surface area contributed by atoms with Gasteiger partial charge in [0.2, 0.25) is 0 Å². The van der Waals surface area contributed by atoms with Gasteiger partial charge in [-0.15, -0.1) is 0 Å². The highest BCUT2D eigenvalue weighted by Crippen LogP contribution is 2.55. The van der Waals surface area contributed by atoms with Crippen molar-refractivity contribution in [3.63, 3.8) is 0 Å². The molecule has 124 valence electrons. The molecule has 4 rings (SSSR count). The third-order valence-corrected chi connectivity index (χ3v) is 5.19. The number of H-pyrrole nitrogens is 1. The van der Waals surface area contributed by atoms with Crippen LogP contribution in [0.15, 0.2) is 32.0 Å². The van der Waals surface area contributed by atoms with Gasteiger partial charge in [0.05, 0.1) is 9.99 Å². The van der Waals surface area contributed by atoms with Crippen LogP contribution in [0, 0.1) is 11.7 Å². The molecule has 0 bridgehead atoms. The molecular weight excluding hydrogens is 385 g/mol. The Morgan fingerprint density at radius 2 is 2.25 bits per heavy atom. The van der Waals surface area contributed by atoms with E-state index in [2.05, 4.69) is 30.6 Å². The Balaban J connectivity index is 2.08. The number of nitrogens with one attached hydrogen (secondary N) is 1. The lowest BCUT2D eigenvalue weighted by Gasteiger charge is -2.19. The summed E-state index contributed by atoms with van der Waals surface area (Å²) >= 11 is 3.11. The van der Waals surface area contributed by atoms with Crippen molar-refractivity contribution in [2.24, 2.45) is 5.92 Å². The fourth-order valence-corrected chi connectivity index (χ4v) is 3.72. The molecule has 0 spiro atoms. The zero-order valence-corrected chi connectivity index (χ0v) is 13.9. The molecule has 1 saturated carbocycles. The number of aromatic amines is 1. The van der Waals surface area contributed by atoms with Crippen LogP contribution in [0.1, 0.15) is 29.7 Å². The van der Waals surface area contributed by atoms with Crippen LogP contribution in [0.25, 0.3) is 10.9 Å². The first-order valence-electron chi connectivity index (χ1n) is 7.15. The molecule has 9 heteroatoms. The summed E-state index contributed by atoms with van der Waals surface area (Å²) in [6.45, 7) is 1.90. The number of halogens is 2. The van der Waals surface area contributed by atoms with Crippen molar-refractivity contribution in [2.75, 3.05) is 0 Å². The number of aromatic nitrogens is 3. The molecule has 2 atom stereocenters. The number of carbonyl (C=O) groups is 1. The van der Waals surface area contributed by atoms with Gasteiger partial charge in [0, 0.05) is 5.39 Å². The summed E-state index contributed by atoms with van der Waals surface area (Å²) in [7, 11) is 0. The van der Waals surface area contributed by atoms with Crippen LogP contribution in [0.2, 0.25) is 0 Å². The van der Waals surface area contributed by atoms with Crippen molar-refractivity contribution in [3.8, 4) is 0 Å². The SMILES string of the molecule is C[C@H]1C[C@]1(c1noc(=O)[nH]1)n1c(C(=O)O)cc2cc(Br)c(F)cc21. The normalized spacial score (nSPS) is 22.9. The molecule has 0 aliphatic heterocycles. The first kappa shape index (κ1) is 15.1. The molecule has 24 heavy (non-hydrogen) atoms. The lowest BCUT2D eigenvalue weighted by atomic mass is 10.1. The van der Waals surface area contributed by atoms with E-state index >= 15 is 0 Å². The summed E-state index contributed by atoms with van der Waals surface area (Å²) in [5.74, 6) is -2.13. The van der Waals surface area contributed by atoms with Gasteiger partial charge in [-0.05, 0) is 46.5 Å². The zero-order chi connectivity index (χ0) is 17.2. The van der Waals surface area contributed by atoms with Gasteiger partial charge in [-0.3, -0.25) is 9.51 Å². The zero-order valence-electron chi connectivity index (χ0n) is 12.3. The van der Waals surface area contributed by atoms with Gasteiger partial charge >= 0.3 is 11.7 Å². The van der Waals surface area contributed by atoms with Gasteiger partial charge < -0.3 is 9.67 Å². The predicted molar refractivity (Wildman–Crippen MR) is 84.5 cm³/mol. The number of rotatable bonds is 3. The quantitative estimate of drug-likeness (QED) is 0.709. The standard InChI is InChI=1S/C15H11BrFN3O4/c1-6-5-15(6,13-18-14(23)24-19-13)20-10-4-9(17)8(16)2-7(10)3-11(20)12(21)22/h2-4,6H,5H2,1H3,(H,21,22)(H,18,19,23)/t6-,15-/m0/s1. The van der Waals surface area contributed by atoms with E-state index in [1.165, 1.54) is 22.8 Å². The molecular formula is C15H11BrFN3O4. The number of carboxylic acid groups (broad SMARTS) is 1. The van der Waals surface area contributed by atoms with Crippen molar-refractivity contribution in [1.82, 2.24) is 14.7 Å². The number of nitrogens with zero attached hydrogens (tertiary/aromatic N) is 2. The Labute approximate surface area is 142 Å². The van der Waals surface area contributed by atoms with E-state index in [1.54, 1.807) is 0 Å². The summed E-state index contributed by atoms with van der Waals surface area (Å²) in [5, 5.41) is 13.9. The number of carboxylic acids is 1. The Hall–Kier alpha value is -2.42. The lowest BCUT2D eigenvalue weighted by Crippen LogP contribution is -2.26. The molecule has 2 N–H and O–H groups in total. The van der Waals surface area contributed by atoms with Gasteiger partial charge in [0.25, 0.3) is 0 Å². The van der Waals surface area contributed by atoms with E-state index in [9.17, 15) is 19.1 Å². The maximum absolute atomic E-state index is 14.1. The molecule has 1 aliphatic carbocycles. The highest BCUT2D eigenvalue weighted by atomic mass is 79.9. The average molecular weight is 396 g/mol. The number of benzene rings is 1. The Kier molecular flexibility index (Phi) is 3.02. The Morgan fingerprint density at radius 1 is 1.54 bits per heavy atom. The van der Waals surface area contributed by atoms with Gasteiger partial charge in [-0.2, -0.15) is 0 Å². The third-order valence-electron chi connectivity index (χ3n) is 4.58. The van der Waals surface area contributed by atoms with Crippen LogP contribution in [0.3, 0.4) is 0 Å². The van der Waals surface area contributed by atoms with E-state index in [0.29, 0.717) is 17.3 Å². The van der Waals surface area contributed by atoms with Crippen molar-refractivity contribution in [3.05, 3.63) is 50.6 Å². The van der Waals surface area contributed by atoms with E-state index in [-0.39, 0.29) is 21.9 Å². The summed E-state index contributed by atoms with van der Waals surface area (Å²) < 4.78 is 20.4. The molecule has 0 amide bonds. The van der Waals surface area contributed by atoms with Gasteiger partial charge in [0.1, 0.15) is 17.1 Å². The van der Waals surface area contributed by atoms with Gasteiger partial charge in [0.15, 0.2) is 5.82 Å². The first-order chi connectivity index (χ1) is 11.3. The minimum atomic E-state index is -1.15. The fraction of sp³-hybridized carbons (Fsp3) is 0.267. The molecule has 1 fully saturated rings. The maximum atomic E-state index is 14.1. The molecule has 3 aromatic rings. The predicted octanol–water partition coefficient (Wildman–Crippen LogP) is 2.70. The molecule has 2 aromatic heterocycles. The lowest BCUT2D eigenvalue weighted by molar-refractivity contribution is 0.0682. The summed E-state index contributed by atoms with van der Waals surface area (Å²) in [6, 6.07) is 4.28. The second-order valence-corrected chi connectivity index (χ2v) is 6.82. The van der Waals surface area contributed by atoms with Gasteiger partial charge in [-0.25, -0.2) is 14.0 Å². The van der Waals surface area contributed by atoms with E-state index in [4.69, 9.17) is 0 Å². The Bertz CT molecular complexity index is 1050. The minimum absolute atomic E-state index is 0.00124. The van der Waals surface area contributed by atoms with E-state index in [0.717, 1.165) is 0 Å². The van der Waals surface area contributed by atoms with Crippen LogP contribution in [-0.4, -0.2) is 25.8 Å². The molecule has 0 radical (unpaired) electrons. The first-order valence-corrected chi connectivity index (χ1v) is 7.94. The number of aromatic carboxylic acids is 1. The topological polar surface area (TPSA) is 101 Å². The van der Waals surface area contributed by atoms with E-state index < -0.39 is 23.1 Å². The van der Waals surface area contributed by atoms with Crippen molar-refractivity contribution >= 4 is 32.8 Å². The number of fused-ring (bicyclic) bond motifs is 1. The highest BCUT2D eigenvalue weighted by Gasteiger charge is 2.59. The smallest absolute Gasteiger partial charge is 0.438 e. The molecule has 0 saturated heterocycles. The van der Waals surface area contributed by atoms with Crippen LogP contribution in [-0.2, 0) is 5.54 Å². The average Bonchev–Trinajstić information content (AvgIpc) is 2.85. The molecule has 2 heterocycles. The minimum Gasteiger partial charge on any atom is -0.477 e. The van der Waals surface area contributed by atoms with Crippen LogP contribution in [0.5, 0.6) is 0 Å². The summed E-state index contributed by atoms with van der Waals surface area (Å²) in [5.41, 5.74) is -0.459. The van der Waals surface area contributed by atoms with Crippen LogP contribution in [0.4, 0.5) is 4.39 Å². The van der Waals surface area contributed by atoms with Crippen molar-refractivity contribution in [1.29, 1.82) is 0 Å². The van der Waals surface area contributed by atoms with Crippen molar-refractivity contribution < 1.29 is 18.8 Å². The third kappa shape index (κ3) is 1.90. The molecule has 1 aliphatic rings. The second-order valence-electron chi connectivity index (χ2n) is 5.97. The molecule has 1 aromatic carbocycles. The highest BCUT2D eigenvalue weighted by molar-refractivity contribution is 9.10. The van der Waals surface area contributed by atoms with Crippen molar-refractivity contribution in [2.45, 2.75) is 18.9 Å². The fourth-order valence-electron chi connectivity index (χ4n) is 3.36. The summed E-state index contributed by atoms with van der Waals surface area (Å²) in [6.07, 6.45) is 0.553. The maximum Gasteiger partial charge on any atom is 0.438 e. The number of hydrogen-bond donors (Lipinski definition) is 2. The largest absolute Gasteiger partial charge is 0.477 e. The van der Waals surface area contributed by atoms with Crippen LogP contribution < -0.4 is 5.76 Å².